The van der Waals surface area contributed by atoms with Crippen molar-refractivity contribution in [3.8, 4) is 11.3 Å². The maximum atomic E-state index is 6.54. The molecule has 0 radical (unpaired) electrons. The lowest BCUT2D eigenvalue weighted by atomic mass is 10.1. The molecule has 8 heteroatoms. The number of fused-ring (bicyclic) bond motifs is 1. The molecule has 4 aromatic rings. The Morgan fingerprint density at radius 3 is 2.76 bits per heavy atom. The van der Waals surface area contributed by atoms with Crippen LogP contribution in [0.25, 0.3) is 22.2 Å². The molecule has 0 saturated carbocycles. The van der Waals surface area contributed by atoms with Gasteiger partial charge in [0.05, 0.1) is 33.8 Å². The number of rotatable bonds is 5. The summed E-state index contributed by atoms with van der Waals surface area (Å²) in [5.74, 6) is 0.477. The molecule has 0 spiro atoms. The van der Waals surface area contributed by atoms with Crippen LogP contribution in [0.15, 0.2) is 48.8 Å². The Labute approximate surface area is 205 Å². The van der Waals surface area contributed by atoms with Gasteiger partial charge in [0.1, 0.15) is 0 Å². The van der Waals surface area contributed by atoms with Crippen LogP contribution in [-0.2, 0) is 7.05 Å². The Morgan fingerprint density at radius 1 is 1.21 bits per heavy atom. The molecule has 0 aliphatic carbocycles. The van der Waals surface area contributed by atoms with Gasteiger partial charge >= 0.3 is 0 Å². The number of para-hydroxylation sites is 1. The number of nitrogen functional groups attached to an aromatic ring is 1. The Balaban J connectivity index is 1.42. The first-order valence-corrected chi connectivity index (χ1v) is 11.8. The molecule has 1 aliphatic heterocycles. The number of likely N-dealkylation sites (N-methyl/N-ethyl adjacent to an activating group) is 1. The van der Waals surface area contributed by atoms with Crippen LogP contribution in [-0.4, -0.2) is 52.7 Å². The maximum absolute atomic E-state index is 6.54. The number of aromatic nitrogens is 3. The molecule has 1 aliphatic rings. The van der Waals surface area contributed by atoms with E-state index in [-0.39, 0.29) is 0 Å². The van der Waals surface area contributed by atoms with Crippen LogP contribution in [0.5, 0.6) is 0 Å². The third kappa shape index (κ3) is 4.06. The summed E-state index contributed by atoms with van der Waals surface area (Å²) in [4.78, 5) is 13.8. The van der Waals surface area contributed by atoms with E-state index >= 15 is 0 Å². The predicted molar refractivity (Wildman–Crippen MR) is 142 cm³/mol. The van der Waals surface area contributed by atoms with Crippen molar-refractivity contribution in [3.05, 3.63) is 59.4 Å². The van der Waals surface area contributed by atoms with Crippen LogP contribution >= 0.6 is 11.6 Å². The van der Waals surface area contributed by atoms with Crippen molar-refractivity contribution in [2.45, 2.75) is 19.4 Å². The average molecular weight is 476 g/mol. The molecule has 176 valence electrons. The van der Waals surface area contributed by atoms with Gasteiger partial charge in [-0.25, -0.2) is 9.97 Å². The molecule has 7 nitrogen and oxygen atoms in total. The van der Waals surface area contributed by atoms with E-state index in [2.05, 4.69) is 76.1 Å². The van der Waals surface area contributed by atoms with Gasteiger partial charge in [0.2, 0.25) is 5.95 Å². The fourth-order valence-corrected chi connectivity index (χ4v) is 5.10. The Bertz CT molecular complexity index is 1360. The van der Waals surface area contributed by atoms with Crippen LogP contribution in [0, 0.1) is 6.92 Å². The molecule has 1 atom stereocenters. The molecule has 2 aromatic carbocycles. The standard InChI is InChI=1S/C26H30ClN7/c1-16-6-5-7-19-20(15-33(4)25(16)19)24-21(27)13-29-26(31-24)30-17-8-9-23(22(28)12-17)34-11-10-18(14-34)32(2)3/h5-9,12-13,15,18H,10-11,14,28H2,1-4H3,(H,29,30,31)/t18-/m0/s1. The van der Waals surface area contributed by atoms with Gasteiger partial charge in [-0.2, -0.15) is 0 Å². The van der Waals surface area contributed by atoms with Gasteiger partial charge in [0, 0.05) is 49.0 Å². The van der Waals surface area contributed by atoms with Crippen LogP contribution < -0.4 is 16.0 Å². The van der Waals surface area contributed by atoms with E-state index in [0.717, 1.165) is 47.5 Å². The normalized spacial score (nSPS) is 16.1. The van der Waals surface area contributed by atoms with Crippen molar-refractivity contribution in [1.82, 2.24) is 19.4 Å². The van der Waals surface area contributed by atoms with E-state index in [9.17, 15) is 0 Å². The Morgan fingerprint density at radius 2 is 2.03 bits per heavy atom. The summed E-state index contributed by atoms with van der Waals surface area (Å²) in [5.41, 5.74) is 13.1. The number of nitrogens with two attached hydrogens (primary N) is 1. The fourth-order valence-electron chi connectivity index (χ4n) is 4.91. The highest BCUT2D eigenvalue weighted by molar-refractivity contribution is 6.33. The van der Waals surface area contributed by atoms with Gasteiger partial charge in [-0.05, 0) is 51.2 Å². The molecule has 1 saturated heterocycles. The lowest BCUT2D eigenvalue weighted by molar-refractivity contribution is 0.315. The molecule has 5 rings (SSSR count). The highest BCUT2D eigenvalue weighted by Gasteiger charge is 2.25. The van der Waals surface area contributed by atoms with Crippen LogP contribution in [0.1, 0.15) is 12.0 Å². The van der Waals surface area contributed by atoms with E-state index in [4.69, 9.17) is 22.3 Å². The summed E-state index contributed by atoms with van der Waals surface area (Å²) in [7, 11) is 6.30. The van der Waals surface area contributed by atoms with E-state index in [1.165, 1.54) is 11.1 Å². The van der Waals surface area contributed by atoms with Gasteiger partial charge in [-0.15, -0.1) is 0 Å². The summed E-state index contributed by atoms with van der Waals surface area (Å²) >= 11 is 6.54. The second-order valence-electron chi connectivity index (χ2n) is 9.27. The Kier molecular flexibility index (Phi) is 5.83. The number of aryl methyl sites for hydroxylation is 2. The van der Waals surface area contributed by atoms with Gasteiger partial charge in [-0.1, -0.05) is 29.8 Å². The second kappa shape index (κ2) is 8.81. The SMILES string of the molecule is Cc1cccc2c(-c3nc(Nc4ccc(N5CC[C@H](N(C)C)C5)c(N)c4)ncc3Cl)cn(C)c12. The van der Waals surface area contributed by atoms with E-state index < -0.39 is 0 Å². The van der Waals surface area contributed by atoms with E-state index in [0.29, 0.717) is 22.7 Å². The molecule has 2 aromatic heterocycles. The summed E-state index contributed by atoms with van der Waals surface area (Å²) in [6.45, 7) is 4.10. The third-order valence-electron chi connectivity index (χ3n) is 6.72. The smallest absolute Gasteiger partial charge is 0.227 e. The quantitative estimate of drug-likeness (QED) is 0.393. The lowest BCUT2D eigenvalue weighted by Crippen LogP contribution is -2.31. The number of nitrogens with zero attached hydrogens (tertiary/aromatic N) is 5. The molecule has 3 heterocycles. The summed E-state index contributed by atoms with van der Waals surface area (Å²) in [6.07, 6.45) is 4.85. The molecule has 0 unspecified atom stereocenters. The highest BCUT2D eigenvalue weighted by atomic mass is 35.5. The van der Waals surface area contributed by atoms with Crippen molar-refractivity contribution in [1.29, 1.82) is 0 Å². The molecule has 3 N–H and O–H groups in total. The molecule has 0 bridgehead atoms. The lowest BCUT2D eigenvalue weighted by Gasteiger charge is -2.23. The van der Waals surface area contributed by atoms with Gasteiger partial charge in [0.25, 0.3) is 0 Å². The minimum atomic E-state index is 0.477. The largest absolute Gasteiger partial charge is 0.397 e. The minimum absolute atomic E-state index is 0.477. The maximum Gasteiger partial charge on any atom is 0.227 e. The second-order valence-corrected chi connectivity index (χ2v) is 9.67. The zero-order valence-corrected chi connectivity index (χ0v) is 20.8. The number of benzene rings is 2. The summed E-state index contributed by atoms with van der Waals surface area (Å²) in [6, 6.07) is 12.8. The van der Waals surface area contributed by atoms with Crippen molar-refractivity contribution in [2.75, 3.05) is 43.1 Å². The minimum Gasteiger partial charge on any atom is -0.397 e. The van der Waals surface area contributed by atoms with E-state index in [1.54, 1.807) is 6.20 Å². The molecular weight excluding hydrogens is 446 g/mol. The molecular formula is C26H30ClN7. The third-order valence-corrected chi connectivity index (χ3v) is 7.00. The van der Waals surface area contributed by atoms with Gasteiger partial charge < -0.3 is 25.4 Å². The topological polar surface area (TPSA) is 75.2 Å². The van der Waals surface area contributed by atoms with Crippen LogP contribution in [0.4, 0.5) is 23.0 Å². The highest BCUT2D eigenvalue weighted by Crippen LogP contribution is 2.35. The molecule has 34 heavy (non-hydrogen) atoms. The first-order chi connectivity index (χ1) is 16.3. The average Bonchev–Trinajstić information content (AvgIpc) is 3.41. The van der Waals surface area contributed by atoms with Gasteiger partial charge in [0.15, 0.2) is 0 Å². The first kappa shape index (κ1) is 22.5. The van der Waals surface area contributed by atoms with E-state index in [1.807, 2.05) is 19.2 Å². The fraction of sp³-hybridized carbons (Fsp3) is 0.308. The first-order valence-electron chi connectivity index (χ1n) is 11.5. The van der Waals surface area contributed by atoms with Crippen molar-refractivity contribution in [2.24, 2.45) is 7.05 Å². The summed E-state index contributed by atoms with van der Waals surface area (Å²) < 4.78 is 2.12. The van der Waals surface area contributed by atoms with Crippen molar-refractivity contribution >= 4 is 45.5 Å². The monoisotopic (exact) mass is 475 g/mol. The number of hydrogen-bond donors (Lipinski definition) is 2. The predicted octanol–water partition coefficient (Wildman–Crippen LogP) is 5.06. The zero-order chi connectivity index (χ0) is 24.0. The summed E-state index contributed by atoms with van der Waals surface area (Å²) in [5, 5.41) is 4.93. The number of hydrogen-bond acceptors (Lipinski definition) is 6. The van der Waals surface area contributed by atoms with Crippen LogP contribution in [0.3, 0.4) is 0 Å². The van der Waals surface area contributed by atoms with Crippen LogP contribution in [0.2, 0.25) is 5.02 Å². The Hall–Kier alpha value is -3.29. The zero-order valence-electron chi connectivity index (χ0n) is 20.0. The molecule has 1 fully saturated rings. The van der Waals surface area contributed by atoms with Gasteiger partial charge in [-0.3, -0.25) is 0 Å². The van der Waals surface area contributed by atoms with Crippen molar-refractivity contribution < 1.29 is 0 Å². The number of halogens is 1. The molecule has 0 amide bonds. The number of anilines is 4. The van der Waals surface area contributed by atoms with Crippen molar-refractivity contribution in [3.63, 3.8) is 0 Å². The number of nitrogens with one attached hydrogen (secondary N) is 1.